The first-order valence-electron chi connectivity index (χ1n) is 6.93. The molecule has 1 unspecified atom stereocenters. The second kappa shape index (κ2) is 5.16. The number of H-pyrrole nitrogens is 1. The maximum Gasteiger partial charge on any atom is 0.277 e. The fourth-order valence-corrected chi connectivity index (χ4v) is 2.64. The van der Waals surface area contributed by atoms with Crippen molar-refractivity contribution in [1.29, 1.82) is 0 Å². The zero-order valence-corrected chi connectivity index (χ0v) is 12.0. The normalized spacial score (nSPS) is 17.3. The lowest BCUT2D eigenvalue weighted by atomic mass is 10.1. The van der Waals surface area contributed by atoms with E-state index in [9.17, 15) is 9.59 Å². The van der Waals surface area contributed by atoms with Gasteiger partial charge in [0.1, 0.15) is 11.4 Å². The molecular weight excluding hydrogens is 270 g/mol. The third-order valence-electron chi connectivity index (χ3n) is 3.97. The van der Waals surface area contributed by atoms with E-state index in [1.807, 2.05) is 10.8 Å². The molecule has 0 aromatic carbocycles. The Morgan fingerprint density at radius 1 is 1.48 bits per heavy atom. The van der Waals surface area contributed by atoms with Gasteiger partial charge in [0.15, 0.2) is 0 Å². The average molecular weight is 287 g/mol. The lowest BCUT2D eigenvalue weighted by molar-refractivity contribution is 0.0925. The smallest absolute Gasteiger partial charge is 0.277 e. The molecule has 0 fully saturated rings. The highest BCUT2D eigenvalue weighted by Gasteiger charge is 2.23. The molecule has 3 heterocycles. The number of imidazole rings is 1. The largest absolute Gasteiger partial charge is 0.347 e. The van der Waals surface area contributed by atoms with E-state index in [-0.39, 0.29) is 17.5 Å². The van der Waals surface area contributed by atoms with Gasteiger partial charge >= 0.3 is 0 Å². The van der Waals surface area contributed by atoms with Crippen LogP contribution in [0.15, 0.2) is 17.2 Å². The van der Waals surface area contributed by atoms with Crippen LogP contribution in [-0.2, 0) is 13.0 Å². The monoisotopic (exact) mass is 287 g/mol. The molecule has 0 bridgehead atoms. The first-order valence-corrected chi connectivity index (χ1v) is 6.93. The molecule has 2 aromatic rings. The molecule has 7 heteroatoms. The van der Waals surface area contributed by atoms with Gasteiger partial charge < -0.3 is 9.88 Å². The Balaban J connectivity index is 1.79. The molecule has 0 saturated carbocycles. The Kier molecular flexibility index (Phi) is 3.32. The number of aromatic amines is 1. The zero-order chi connectivity index (χ0) is 15.0. The maximum atomic E-state index is 12.4. The topological polar surface area (TPSA) is 92.7 Å². The van der Waals surface area contributed by atoms with Crippen LogP contribution < -0.4 is 10.9 Å². The number of aromatic nitrogens is 4. The molecule has 7 nitrogen and oxygen atoms in total. The van der Waals surface area contributed by atoms with E-state index in [2.05, 4.69) is 20.5 Å². The van der Waals surface area contributed by atoms with E-state index >= 15 is 0 Å². The Morgan fingerprint density at radius 3 is 3.10 bits per heavy atom. The highest BCUT2D eigenvalue weighted by molar-refractivity contribution is 5.95. The minimum atomic E-state index is -0.449. The first-order chi connectivity index (χ1) is 10.1. The van der Waals surface area contributed by atoms with Crippen LogP contribution in [0.3, 0.4) is 0 Å². The standard InChI is InChI=1S/C14H17N5O2/c1-8-9(2)17-18-14(21)12(8)13(20)16-10-3-4-11-15-5-6-19(11)7-10/h5-6,10H,3-4,7H2,1-2H3,(H,16,20)(H,18,21). The lowest BCUT2D eigenvalue weighted by Gasteiger charge is -2.24. The van der Waals surface area contributed by atoms with Crippen molar-refractivity contribution >= 4 is 5.91 Å². The number of hydrogen-bond acceptors (Lipinski definition) is 4. The number of amides is 1. The van der Waals surface area contributed by atoms with Gasteiger partial charge in [-0.1, -0.05) is 0 Å². The summed E-state index contributed by atoms with van der Waals surface area (Å²) in [6, 6.07) is 0.00599. The van der Waals surface area contributed by atoms with Crippen LogP contribution in [0.5, 0.6) is 0 Å². The van der Waals surface area contributed by atoms with Crippen LogP contribution in [0.2, 0.25) is 0 Å². The highest BCUT2D eigenvalue weighted by atomic mass is 16.2. The average Bonchev–Trinajstić information content (AvgIpc) is 2.91. The third kappa shape index (κ3) is 2.46. The third-order valence-corrected chi connectivity index (χ3v) is 3.97. The molecule has 110 valence electrons. The Morgan fingerprint density at radius 2 is 2.29 bits per heavy atom. The quantitative estimate of drug-likeness (QED) is 0.832. The number of hydrogen-bond donors (Lipinski definition) is 2. The summed E-state index contributed by atoms with van der Waals surface area (Å²) in [6.45, 7) is 4.18. The van der Waals surface area contributed by atoms with Gasteiger partial charge in [0, 0.05) is 31.4 Å². The van der Waals surface area contributed by atoms with Crippen LogP contribution in [0.4, 0.5) is 0 Å². The number of carbonyl (C=O) groups excluding carboxylic acids is 1. The van der Waals surface area contributed by atoms with Gasteiger partial charge in [-0.25, -0.2) is 10.1 Å². The molecule has 0 saturated heterocycles. The van der Waals surface area contributed by atoms with Crippen LogP contribution >= 0.6 is 0 Å². The van der Waals surface area contributed by atoms with Crippen LogP contribution in [0, 0.1) is 13.8 Å². The number of nitrogens with zero attached hydrogens (tertiary/aromatic N) is 3. The number of carbonyl (C=O) groups is 1. The molecular formula is C14H17N5O2. The number of nitrogens with one attached hydrogen (secondary N) is 2. The van der Waals surface area contributed by atoms with Gasteiger partial charge in [-0.2, -0.15) is 5.10 Å². The number of aryl methyl sites for hydroxylation is 2. The first kappa shape index (κ1) is 13.5. The number of rotatable bonds is 2. The van der Waals surface area contributed by atoms with E-state index in [0.717, 1.165) is 18.7 Å². The van der Waals surface area contributed by atoms with Crippen molar-refractivity contribution in [2.75, 3.05) is 0 Å². The van der Waals surface area contributed by atoms with Gasteiger partial charge in [-0.15, -0.1) is 0 Å². The van der Waals surface area contributed by atoms with E-state index in [1.54, 1.807) is 20.0 Å². The summed E-state index contributed by atoms with van der Waals surface area (Å²) in [7, 11) is 0. The minimum Gasteiger partial charge on any atom is -0.347 e. The summed E-state index contributed by atoms with van der Waals surface area (Å²) >= 11 is 0. The van der Waals surface area contributed by atoms with Crippen molar-refractivity contribution in [2.45, 2.75) is 39.3 Å². The van der Waals surface area contributed by atoms with Gasteiger partial charge in [0.2, 0.25) is 0 Å². The van der Waals surface area contributed by atoms with Crippen molar-refractivity contribution < 1.29 is 4.79 Å². The van der Waals surface area contributed by atoms with E-state index in [1.165, 1.54) is 0 Å². The molecule has 3 rings (SSSR count). The van der Waals surface area contributed by atoms with Gasteiger partial charge in [0.05, 0.1) is 5.69 Å². The maximum absolute atomic E-state index is 12.4. The Bertz CT molecular complexity index is 746. The summed E-state index contributed by atoms with van der Waals surface area (Å²) in [5.41, 5.74) is 0.976. The van der Waals surface area contributed by atoms with Crippen LogP contribution in [-0.4, -0.2) is 31.7 Å². The van der Waals surface area contributed by atoms with E-state index < -0.39 is 5.56 Å². The van der Waals surface area contributed by atoms with Crippen molar-refractivity contribution in [1.82, 2.24) is 25.1 Å². The molecule has 0 radical (unpaired) electrons. The molecule has 0 aliphatic carbocycles. The fourth-order valence-electron chi connectivity index (χ4n) is 2.64. The predicted octanol–water partition coefficient (Wildman–Crippen LogP) is 0.328. The second-order valence-electron chi connectivity index (χ2n) is 5.34. The summed E-state index contributed by atoms with van der Waals surface area (Å²) in [4.78, 5) is 28.5. The fraction of sp³-hybridized carbons (Fsp3) is 0.429. The zero-order valence-electron chi connectivity index (χ0n) is 12.0. The molecule has 2 aromatic heterocycles. The van der Waals surface area contributed by atoms with Crippen molar-refractivity contribution in [3.8, 4) is 0 Å². The van der Waals surface area contributed by atoms with Crippen molar-refractivity contribution in [3.05, 3.63) is 45.4 Å². The van der Waals surface area contributed by atoms with Gasteiger partial charge in [-0.3, -0.25) is 9.59 Å². The molecule has 1 amide bonds. The molecule has 1 atom stereocenters. The molecule has 2 N–H and O–H groups in total. The summed E-state index contributed by atoms with van der Waals surface area (Å²) in [5.74, 6) is 0.696. The Labute approximate surface area is 121 Å². The summed E-state index contributed by atoms with van der Waals surface area (Å²) in [6.07, 6.45) is 5.31. The summed E-state index contributed by atoms with van der Waals surface area (Å²) < 4.78 is 2.03. The Hall–Kier alpha value is -2.44. The highest BCUT2D eigenvalue weighted by Crippen LogP contribution is 2.14. The number of fused-ring (bicyclic) bond motifs is 1. The predicted molar refractivity (Wildman–Crippen MR) is 76.1 cm³/mol. The summed E-state index contributed by atoms with van der Waals surface area (Å²) in [5, 5.41) is 9.16. The lowest BCUT2D eigenvalue weighted by Crippen LogP contribution is -2.43. The molecule has 1 aliphatic rings. The molecule has 1 aliphatic heterocycles. The van der Waals surface area contributed by atoms with E-state index in [4.69, 9.17) is 0 Å². The van der Waals surface area contributed by atoms with Gasteiger partial charge in [-0.05, 0) is 25.8 Å². The van der Waals surface area contributed by atoms with Crippen molar-refractivity contribution in [2.24, 2.45) is 0 Å². The molecule has 21 heavy (non-hydrogen) atoms. The molecule has 0 spiro atoms. The minimum absolute atomic E-state index is 0.00599. The van der Waals surface area contributed by atoms with E-state index in [0.29, 0.717) is 17.8 Å². The van der Waals surface area contributed by atoms with Crippen LogP contribution in [0.1, 0.15) is 33.9 Å². The van der Waals surface area contributed by atoms with Crippen molar-refractivity contribution in [3.63, 3.8) is 0 Å². The van der Waals surface area contributed by atoms with Crippen LogP contribution in [0.25, 0.3) is 0 Å². The second-order valence-corrected chi connectivity index (χ2v) is 5.34. The van der Waals surface area contributed by atoms with Gasteiger partial charge in [0.25, 0.3) is 11.5 Å². The SMILES string of the molecule is Cc1n[nH]c(=O)c(C(=O)NC2CCc3nccn3C2)c1C.